The molecule has 2 aromatic carbocycles. The SMILES string of the molecule is FC(F)(F)[C@]1(c2ccccc2)CC1c1ccccc1. The molecule has 0 amide bonds. The maximum absolute atomic E-state index is 13.5. The van der Waals surface area contributed by atoms with Crippen molar-refractivity contribution in [3.63, 3.8) is 0 Å². The molecule has 0 N–H and O–H groups in total. The molecule has 0 aliphatic heterocycles. The summed E-state index contributed by atoms with van der Waals surface area (Å²) in [4.78, 5) is 0. The van der Waals surface area contributed by atoms with Crippen molar-refractivity contribution in [3.8, 4) is 0 Å². The predicted molar refractivity (Wildman–Crippen MR) is 68.0 cm³/mol. The van der Waals surface area contributed by atoms with Crippen LogP contribution in [-0.2, 0) is 5.41 Å². The van der Waals surface area contributed by atoms with Crippen LogP contribution in [0, 0.1) is 0 Å². The van der Waals surface area contributed by atoms with Crippen molar-refractivity contribution in [3.05, 3.63) is 71.8 Å². The lowest BCUT2D eigenvalue weighted by molar-refractivity contribution is -0.162. The van der Waals surface area contributed by atoms with E-state index >= 15 is 0 Å². The van der Waals surface area contributed by atoms with Crippen molar-refractivity contribution in [1.29, 1.82) is 0 Å². The number of rotatable bonds is 2. The standard InChI is InChI=1S/C16H13F3/c17-16(18,19)15(13-9-5-2-6-10-13)11-14(15)12-7-3-1-4-8-12/h1-10,14H,11H2/t14?,15-/m0/s1. The minimum absolute atomic E-state index is 0.143. The van der Waals surface area contributed by atoms with Crippen LogP contribution < -0.4 is 0 Å². The smallest absolute Gasteiger partial charge is 0.170 e. The zero-order chi connectivity index (χ0) is 13.5. The Morgan fingerprint density at radius 2 is 1.37 bits per heavy atom. The molecule has 1 aliphatic rings. The second-order valence-electron chi connectivity index (χ2n) is 5.00. The van der Waals surface area contributed by atoms with E-state index in [1.807, 2.05) is 6.07 Å². The van der Waals surface area contributed by atoms with Crippen LogP contribution >= 0.6 is 0 Å². The van der Waals surface area contributed by atoms with Crippen molar-refractivity contribution < 1.29 is 13.2 Å². The summed E-state index contributed by atoms with van der Waals surface area (Å²) in [6.45, 7) is 0. The highest BCUT2D eigenvalue weighted by Gasteiger charge is 2.71. The van der Waals surface area contributed by atoms with Gasteiger partial charge in [0.1, 0.15) is 0 Å². The third-order valence-electron chi connectivity index (χ3n) is 3.96. The van der Waals surface area contributed by atoms with Crippen molar-refractivity contribution in [1.82, 2.24) is 0 Å². The summed E-state index contributed by atoms with van der Waals surface area (Å²) in [5.41, 5.74) is -0.560. The van der Waals surface area contributed by atoms with Crippen molar-refractivity contribution >= 4 is 0 Å². The second kappa shape index (κ2) is 4.12. The molecule has 0 bridgehead atoms. The van der Waals surface area contributed by atoms with Crippen LogP contribution in [-0.4, -0.2) is 6.18 Å². The van der Waals surface area contributed by atoms with E-state index in [1.165, 1.54) is 0 Å². The highest BCUT2D eigenvalue weighted by molar-refractivity contribution is 5.45. The van der Waals surface area contributed by atoms with E-state index in [0.717, 1.165) is 5.56 Å². The average Bonchev–Trinajstić information content (AvgIpc) is 3.17. The molecule has 1 aliphatic carbocycles. The summed E-state index contributed by atoms with van der Waals surface area (Å²) in [5.74, 6) is -0.462. The van der Waals surface area contributed by atoms with Crippen LogP contribution in [0.1, 0.15) is 23.5 Å². The number of hydrogen-bond donors (Lipinski definition) is 0. The fraction of sp³-hybridized carbons (Fsp3) is 0.250. The molecular weight excluding hydrogens is 249 g/mol. The number of alkyl halides is 3. The van der Waals surface area contributed by atoms with Crippen molar-refractivity contribution in [2.24, 2.45) is 0 Å². The Kier molecular flexibility index (Phi) is 2.66. The molecule has 1 fully saturated rings. The fourth-order valence-electron chi connectivity index (χ4n) is 2.88. The van der Waals surface area contributed by atoms with Crippen LogP contribution in [0.4, 0.5) is 13.2 Å². The largest absolute Gasteiger partial charge is 0.399 e. The summed E-state index contributed by atoms with van der Waals surface area (Å²) >= 11 is 0. The van der Waals surface area contributed by atoms with Gasteiger partial charge in [-0.1, -0.05) is 60.7 Å². The first-order valence-corrected chi connectivity index (χ1v) is 6.23. The topological polar surface area (TPSA) is 0 Å². The number of benzene rings is 2. The van der Waals surface area contributed by atoms with Gasteiger partial charge in [-0.15, -0.1) is 0 Å². The zero-order valence-electron chi connectivity index (χ0n) is 10.2. The minimum atomic E-state index is -4.21. The molecule has 1 unspecified atom stereocenters. The Hall–Kier alpha value is -1.77. The minimum Gasteiger partial charge on any atom is -0.170 e. The van der Waals surface area contributed by atoms with Gasteiger partial charge in [-0.3, -0.25) is 0 Å². The van der Waals surface area contributed by atoms with E-state index in [4.69, 9.17) is 0 Å². The zero-order valence-corrected chi connectivity index (χ0v) is 10.2. The molecule has 0 nitrogen and oxygen atoms in total. The van der Waals surface area contributed by atoms with E-state index in [0.29, 0.717) is 5.56 Å². The first kappa shape index (κ1) is 12.3. The van der Waals surface area contributed by atoms with E-state index in [2.05, 4.69) is 0 Å². The molecule has 1 saturated carbocycles. The molecule has 0 heterocycles. The molecule has 3 rings (SSSR count). The first-order chi connectivity index (χ1) is 9.06. The van der Waals surface area contributed by atoms with Crippen LogP contribution in [0.2, 0.25) is 0 Å². The fourth-order valence-corrected chi connectivity index (χ4v) is 2.88. The molecule has 2 atom stereocenters. The van der Waals surface area contributed by atoms with Gasteiger partial charge in [0, 0.05) is 5.92 Å². The summed E-state index contributed by atoms with van der Waals surface area (Å²) in [6, 6.07) is 17.2. The van der Waals surface area contributed by atoms with Gasteiger partial charge in [-0.25, -0.2) is 0 Å². The number of hydrogen-bond acceptors (Lipinski definition) is 0. The molecule has 98 valence electrons. The van der Waals surface area contributed by atoms with Gasteiger partial charge in [0.15, 0.2) is 0 Å². The van der Waals surface area contributed by atoms with Crippen LogP contribution in [0.25, 0.3) is 0 Å². The Morgan fingerprint density at radius 3 is 1.89 bits per heavy atom. The molecule has 2 aromatic rings. The lowest BCUT2D eigenvalue weighted by Crippen LogP contribution is -2.30. The van der Waals surface area contributed by atoms with E-state index in [9.17, 15) is 13.2 Å². The van der Waals surface area contributed by atoms with Gasteiger partial charge in [-0.05, 0) is 17.5 Å². The molecule has 0 radical (unpaired) electrons. The van der Waals surface area contributed by atoms with Gasteiger partial charge < -0.3 is 0 Å². The molecule has 3 heteroatoms. The molecule has 0 saturated heterocycles. The second-order valence-corrected chi connectivity index (χ2v) is 5.00. The van der Waals surface area contributed by atoms with Gasteiger partial charge in [-0.2, -0.15) is 13.2 Å². The Bertz CT molecular complexity index is 560. The third kappa shape index (κ3) is 1.84. The lowest BCUT2D eigenvalue weighted by Gasteiger charge is -2.22. The number of halogens is 3. The van der Waals surface area contributed by atoms with Crippen molar-refractivity contribution in [2.75, 3.05) is 0 Å². The summed E-state index contributed by atoms with van der Waals surface area (Å²) in [6.07, 6.45) is -4.07. The van der Waals surface area contributed by atoms with Gasteiger partial charge in [0.05, 0.1) is 5.41 Å². The maximum atomic E-state index is 13.5. The lowest BCUT2D eigenvalue weighted by atomic mass is 9.90. The Balaban J connectivity index is 2.04. The molecule has 0 spiro atoms. The van der Waals surface area contributed by atoms with E-state index in [1.54, 1.807) is 54.6 Å². The van der Waals surface area contributed by atoms with Gasteiger partial charge >= 0.3 is 6.18 Å². The maximum Gasteiger partial charge on any atom is 0.399 e. The van der Waals surface area contributed by atoms with Crippen LogP contribution in [0.3, 0.4) is 0 Å². The Labute approximate surface area is 109 Å². The average molecular weight is 262 g/mol. The highest BCUT2D eigenvalue weighted by atomic mass is 19.4. The van der Waals surface area contributed by atoms with E-state index in [-0.39, 0.29) is 6.42 Å². The third-order valence-corrected chi connectivity index (χ3v) is 3.96. The summed E-state index contributed by atoms with van der Waals surface area (Å²) in [7, 11) is 0. The first-order valence-electron chi connectivity index (χ1n) is 6.23. The highest BCUT2D eigenvalue weighted by Crippen LogP contribution is 2.67. The quantitative estimate of drug-likeness (QED) is 0.737. The molecular formula is C16H13F3. The Morgan fingerprint density at radius 1 is 0.842 bits per heavy atom. The van der Waals surface area contributed by atoms with Crippen LogP contribution in [0.15, 0.2) is 60.7 Å². The van der Waals surface area contributed by atoms with Crippen molar-refractivity contribution in [2.45, 2.75) is 23.9 Å². The normalized spacial score (nSPS) is 26.2. The molecule has 19 heavy (non-hydrogen) atoms. The van der Waals surface area contributed by atoms with Gasteiger partial charge in [0.25, 0.3) is 0 Å². The molecule has 0 aromatic heterocycles. The van der Waals surface area contributed by atoms with Crippen LogP contribution in [0.5, 0.6) is 0 Å². The van der Waals surface area contributed by atoms with Gasteiger partial charge in [0.2, 0.25) is 0 Å². The summed E-state index contributed by atoms with van der Waals surface area (Å²) in [5, 5.41) is 0. The predicted octanol–water partition coefficient (Wildman–Crippen LogP) is 4.67. The van der Waals surface area contributed by atoms with E-state index < -0.39 is 17.5 Å². The summed E-state index contributed by atoms with van der Waals surface area (Å²) < 4.78 is 40.6. The monoisotopic (exact) mass is 262 g/mol.